The number of H-pyrrole nitrogens is 1. The average molecular weight is 206 g/mol. The summed E-state index contributed by atoms with van der Waals surface area (Å²) in [5.74, 6) is 0.232. The highest BCUT2D eigenvalue weighted by Crippen LogP contribution is 2.16. The van der Waals surface area contributed by atoms with Crippen LogP contribution >= 0.6 is 0 Å². The fourth-order valence-electron chi connectivity index (χ4n) is 1.29. The fourth-order valence-corrected chi connectivity index (χ4v) is 1.29. The molecule has 5 nitrogen and oxygen atoms in total. The SMILES string of the molecule is [3H]c1c(C(C)C)cccc1-n1nn[nH]c1=O. The molecule has 1 N–H and O–H groups in total. The molecule has 0 fully saturated rings. The van der Waals surface area contributed by atoms with Gasteiger partial charge in [0.2, 0.25) is 0 Å². The second-order valence-electron chi connectivity index (χ2n) is 3.56. The van der Waals surface area contributed by atoms with Crippen LogP contribution in [-0.4, -0.2) is 20.2 Å². The van der Waals surface area contributed by atoms with E-state index in [1.807, 2.05) is 26.0 Å². The molecule has 0 radical (unpaired) electrons. The molecule has 2 aromatic rings. The van der Waals surface area contributed by atoms with E-state index in [1.54, 1.807) is 6.07 Å². The first-order valence-electron chi connectivity index (χ1n) is 5.21. The van der Waals surface area contributed by atoms with E-state index in [2.05, 4.69) is 15.5 Å². The van der Waals surface area contributed by atoms with Crippen LogP contribution in [0, 0.1) is 0 Å². The van der Waals surface area contributed by atoms with Crippen LogP contribution in [0.25, 0.3) is 5.69 Å². The smallest absolute Gasteiger partial charge is 0.244 e. The lowest BCUT2D eigenvalue weighted by Crippen LogP contribution is -2.16. The van der Waals surface area contributed by atoms with E-state index in [0.29, 0.717) is 11.7 Å². The molecule has 0 amide bonds. The minimum absolute atomic E-state index is 0.232. The highest BCUT2D eigenvalue weighted by atomic mass is 16.2. The maximum atomic E-state index is 11.4. The van der Waals surface area contributed by atoms with Crippen molar-refractivity contribution in [3.63, 3.8) is 0 Å². The van der Waals surface area contributed by atoms with Gasteiger partial charge >= 0.3 is 5.69 Å². The standard InChI is InChI=1S/C10H12N4O/c1-7(2)8-4-3-5-9(6-8)14-10(15)11-12-13-14/h3-7H,1-2H3,(H,11,13,15)/i6T. The lowest BCUT2D eigenvalue weighted by Gasteiger charge is -2.06. The van der Waals surface area contributed by atoms with Gasteiger partial charge in [0, 0.05) is 0 Å². The molecule has 0 saturated heterocycles. The summed E-state index contributed by atoms with van der Waals surface area (Å²) in [6.07, 6.45) is 0. The number of hydrogen-bond donors (Lipinski definition) is 1. The van der Waals surface area contributed by atoms with Gasteiger partial charge in [-0.1, -0.05) is 26.0 Å². The topological polar surface area (TPSA) is 63.6 Å². The van der Waals surface area contributed by atoms with Gasteiger partial charge in [-0.05, 0) is 34.0 Å². The molecule has 1 heterocycles. The van der Waals surface area contributed by atoms with Crippen molar-refractivity contribution in [1.82, 2.24) is 20.2 Å². The predicted molar refractivity (Wildman–Crippen MR) is 56.1 cm³/mol. The van der Waals surface area contributed by atoms with Gasteiger partial charge < -0.3 is 0 Å². The van der Waals surface area contributed by atoms with E-state index >= 15 is 0 Å². The van der Waals surface area contributed by atoms with Crippen LogP contribution in [0.2, 0.25) is 0 Å². The first kappa shape index (κ1) is 8.40. The van der Waals surface area contributed by atoms with Crippen molar-refractivity contribution in [1.29, 1.82) is 0 Å². The van der Waals surface area contributed by atoms with Gasteiger partial charge in [0.15, 0.2) is 0 Å². The van der Waals surface area contributed by atoms with Gasteiger partial charge in [0.25, 0.3) is 0 Å². The van der Waals surface area contributed by atoms with E-state index in [-0.39, 0.29) is 5.92 Å². The minimum atomic E-state index is -0.436. The first-order valence-corrected chi connectivity index (χ1v) is 4.71. The number of aromatic nitrogens is 4. The van der Waals surface area contributed by atoms with Crippen molar-refractivity contribution in [3.05, 3.63) is 40.3 Å². The van der Waals surface area contributed by atoms with Gasteiger partial charge in [0.05, 0.1) is 7.06 Å². The summed E-state index contributed by atoms with van der Waals surface area (Å²) in [5, 5.41) is 9.24. The van der Waals surface area contributed by atoms with E-state index in [4.69, 9.17) is 1.37 Å². The Bertz CT molecular complexity index is 558. The van der Waals surface area contributed by atoms with Gasteiger partial charge in [-0.2, -0.15) is 4.68 Å². The zero-order valence-electron chi connectivity index (χ0n) is 9.56. The Hall–Kier alpha value is -1.91. The van der Waals surface area contributed by atoms with Crippen molar-refractivity contribution in [3.8, 4) is 5.69 Å². The monoisotopic (exact) mass is 206 g/mol. The fraction of sp³-hybridized carbons (Fsp3) is 0.300. The molecule has 5 heteroatoms. The van der Waals surface area contributed by atoms with Crippen LogP contribution in [0.15, 0.2) is 29.0 Å². The van der Waals surface area contributed by atoms with Gasteiger partial charge in [-0.25, -0.2) is 9.89 Å². The number of nitrogens with one attached hydrogen (secondary N) is 1. The molecule has 0 atom stereocenters. The van der Waals surface area contributed by atoms with Crippen molar-refractivity contribution < 1.29 is 1.37 Å². The Balaban J connectivity index is 2.63. The highest BCUT2D eigenvalue weighted by molar-refractivity contribution is 5.35. The summed E-state index contributed by atoms with van der Waals surface area (Å²) in [5.41, 5.74) is 0.895. The maximum Gasteiger partial charge on any atom is 0.365 e. The molecule has 0 unspecified atom stereocenters. The van der Waals surface area contributed by atoms with Crippen molar-refractivity contribution in [2.45, 2.75) is 19.8 Å². The lowest BCUT2D eigenvalue weighted by atomic mass is 10.0. The molecule has 0 saturated carbocycles. The molecule has 0 bridgehead atoms. The van der Waals surface area contributed by atoms with Crippen molar-refractivity contribution in [2.24, 2.45) is 0 Å². The van der Waals surface area contributed by atoms with Crippen LogP contribution in [-0.2, 0) is 0 Å². The summed E-state index contributed by atoms with van der Waals surface area (Å²) in [6, 6.07) is 5.68. The number of benzene rings is 1. The molecule has 0 aliphatic heterocycles. The second kappa shape index (κ2) is 3.68. The largest absolute Gasteiger partial charge is 0.365 e. The summed E-state index contributed by atoms with van der Waals surface area (Å²) >= 11 is 0. The predicted octanol–water partition coefficient (Wildman–Crippen LogP) is 1.08. The molecular formula is C10H12N4O. The maximum absolute atomic E-state index is 11.4. The summed E-state index contributed by atoms with van der Waals surface area (Å²) in [4.78, 5) is 11.4. The average Bonchev–Trinajstić information content (AvgIpc) is 2.64. The summed E-state index contributed by atoms with van der Waals surface area (Å²) in [6.45, 7) is 4.01. The number of aromatic amines is 1. The molecule has 2 rings (SSSR count). The molecule has 15 heavy (non-hydrogen) atoms. The normalized spacial score (nSPS) is 11.8. The third-order valence-corrected chi connectivity index (χ3v) is 2.12. The number of nitrogens with zero attached hydrogens (tertiary/aromatic N) is 3. The number of tetrazole rings is 1. The highest BCUT2D eigenvalue weighted by Gasteiger charge is 2.05. The Morgan fingerprint density at radius 3 is 2.93 bits per heavy atom. The van der Waals surface area contributed by atoms with Gasteiger partial charge in [-0.15, -0.1) is 0 Å². The van der Waals surface area contributed by atoms with Gasteiger partial charge in [0.1, 0.15) is 0 Å². The van der Waals surface area contributed by atoms with Crippen LogP contribution < -0.4 is 5.69 Å². The molecule has 78 valence electrons. The van der Waals surface area contributed by atoms with Crippen LogP contribution in [0.1, 0.15) is 26.7 Å². The molecule has 1 aromatic heterocycles. The zero-order chi connectivity index (χ0) is 11.7. The quantitative estimate of drug-likeness (QED) is 0.799. The Morgan fingerprint density at radius 1 is 1.53 bits per heavy atom. The zero-order valence-corrected chi connectivity index (χ0v) is 8.56. The van der Waals surface area contributed by atoms with E-state index in [1.165, 1.54) is 0 Å². The molecular weight excluding hydrogens is 192 g/mol. The van der Waals surface area contributed by atoms with Crippen molar-refractivity contribution >= 4 is 0 Å². The third kappa shape index (κ3) is 1.81. The van der Waals surface area contributed by atoms with Gasteiger partial charge in [-0.3, -0.25) is 0 Å². The minimum Gasteiger partial charge on any atom is -0.244 e. The lowest BCUT2D eigenvalue weighted by molar-refractivity contribution is 0.774. The first-order chi connectivity index (χ1) is 7.61. The van der Waals surface area contributed by atoms with E-state index in [0.717, 1.165) is 10.2 Å². The van der Waals surface area contributed by atoms with Crippen LogP contribution in [0.5, 0.6) is 0 Å². The Labute approximate surface area is 88.1 Å². The Morgan fingerprint density at radius 2 is 2.33 bits per heavy atom. The third-order valence-electron chi connectivity index (χ3n) is 2.12. The molecule has 0 aliphatic rings. The Kier molecular flexibility index (Phi) is 2.06. The number of rotatable bonds is 2. The molecule has 0 aliphatic carbocycles. The van der Waals surface area contributed by atoms with Crippen LogP contribution in [0.4, 0.5) is 0 Å². The summed E-state index contributed by atoms with van der Waals surface area (Å²) in [7, 11) is 0. The second-order valence-corrected chi connectivity index (χ2v) is 3.56. The molecule has 1 aromatic carbocycles. The summed E-state index contributed by atoms with van der Waals surface area (Å²) < 4.78 is 9.10. The number of hydrogen-bond acceptors (Lipinski definition) is 3. The van der Waals surface area contributed by atoms with Crippen LogP contribution in [0.3, 0.4) is 0 Å². The van der Waals surface area contributed by atoms with Crippen molar-refractivity contribution in [2.75, 3.05) is 0 Å². The van der Waals surface area contributed by atoms with E-state index in [9.17, 15) is 4.79 Å². The van der Waals surface area contributed by atoms with E-state index < -0.39 is 5.69 Å². The molecule has 0 spiro atoms.